The van der Waals surface area contributed by atoms with Crippen molar-refractivity contribution in [3.8, 4) is 0 Å². The molecule has 1 aromatic rings. The van der Waals surface area contributed by atoms with Crippen LogP contribution in [0.4, 0.5) is 10.5 Å². The number of imide groups is 1. The molecule has 1 aliphatic carbocycles. The van der Waals surface area contributed by atoms with Crippen LogP contribution in [0.15, 0.2) is 24.3 Å². The van der Waals surface area contributed by atoms with Crippen LogP contribution < -0.4 is 10.6 Å². The normalized spacial score (nSPS) is 17.5. The van der Waals surface area contributed by atoms with Gasteiger partial charge in [-0.25, -0.2) is 4.79 Å². The number of hydrogen-bond donors (Lipinski definition) is 2. The summed E-state index contributed by atoms with van der Waals surface area (Å²) in [5, 5.41) is 6.09. The molecule has 2 N–H and O–H groups in total. The number of likely N-dealkylation sites (N-methyl/N-ethyl adjacent to an activating group) is 1. The fourth-order valence-electron chi connectivity index (χ4n) is 3.81. The highest BCUT2D eigenvalue weighted by Gasteiger charge is 2.52. The predicted molar refractivity (Wildman–Crippen MR) is 108 cm³/mol. The minimum absolute atomic E-state index is 0.0896. The molecule has 1 spiro atoms. The fraction of sp³-hybridized carbons (Fsp3) is 0.500. The van der Waals surface area contributed by atoms with Gasteiger partial charge in [-0.05, 0) is 43.5 Å². The topological polar surface area (TPSA) is 98.8 Å². The number of nitrogens with zero attached hydrogens (tertiary/aromatic N) is 2. The minimum atomic E-state index is -0.725. The van der Waals surface area contributed by atoms with E-state index in [1.165, 1.54) is 9.80 Å². The highest BCUT2D eigenvalue weighted by atomic mass is 35.5. The summed E-state index contributed by atoms with van der Waals surface area (Å²) in [6.45, 7) is 0.108. The molecule has 1 aliphatic heterocycles. The Morgan fingerprint density at radius 1 is 1.21 bits per heavy atom. The van der Waals surface area contributed by atoms with Crippen molar-refractivity contribution in [3.05, 3.63) is 29.3 Å². The minimum Gasteiger partial charge on any atom is -0.336 e. The molecular weight excluding hydrogens is 396 g/mol. The Balaban J connectivity index is 1.42. The average Bonchev–Trinajstić information content (AvgIpc) is 3.23. The second-order valence-electron chi connectivity index (χ2n) is 7.58. The third-order valence-electron chi connectivity index (χ3n) is 5.41. The highest BCUT2D eigenvalue weighted by Crippen LogP contribution is 2.35. The molecule has 1 saturated carbocycles. The first-order valence-corrected chi connectivity index (χ1v) is 10.1. The van der Waals surface area contributed by atoms with E-state index in [0.29, 0.717) is 30.0 Å². The van der Waals surface area contributed by atoms with Crippen LogP contribution in [0.2, 0.25) is 5.02 Å². The molecule has 29 heavy (non-hydrogen) atoms. The maximum atomic E-state index is 12.6. The van der Waals surface area contributed by atoms with Crippen molar-refractivity contribution in [2.45, 2.75) is 44.1 Å². The van der Waals surface area contributed by atoms with Gasteiger partial charge in [0, 0.05) is 30.7 Å². The molecule has 0 atom stereocenters. The number of urea groups is 1. The van der Waals surface area contributed by atoms with Crippen LogP contribution in [0.25, 0.3) is 0 Å². The Kier molecular flexibility index (Phi) is 6.42. The first-order valence-electron chi connectivity index (χ1n) is 9.74. The molecule has 156 valence electrons. The van der Waals surface area contributed by atoms with Gasteiger partial charge >= 0.3 is 6.03 Å². The molecule has 8 nitrogen and oxygen atoms in total. The van der Waals surface area contributed by atoms with E-state index in [1.807, 2.05) is 0 Å². The Morgan fingerprint density at radius 3 is 2.52 bits per heavy atom. The fourth-order valence-corrected chi connectivity index (χ4v) is 3.94. The average molecular weight is 421 g/mol. The summed E-state index contributed by atoms with van der Waals surface area (Å²) in [4.78, 5) is 51.6. The molecule has 2 fully saturated rings. The number of hydrogen-bond acceptors (Lipinski definition) is 4. The van der Waals surface area contributed by atoms with Gasteiger partial charge in [-0.2, -0.15) is 0 Å². The number of carbonyl (C=O) groups is 4. The molecule has 0 aromatic heterocycles. The summed E-state index contributed by atoms with van der Waals surface area (Å²) in [6, 6.07) is 6.31. The van der Waals surface area contributed by atoms with Gasteiger partial charge < -0.3 is 15.5 Å². The Morgan fingerprint density at radius 2 is 1.86 bits per heavy atom. The lowest BCUT2D eigenvalue weighted by Gasteiger charge is -2.20. The summed E-state index contributed by atoms with van der Waals surface area (Å²) in [5.41, 5.74) is -0.128. The lowest BCUT2D eigenvalue weighted by molar-refractivity contribution is -0.134. The van der Waals surface area contributed by atoms with Crippen molar-refractivity contribution < 1.29 is 19.2 Å². The van der Waals surface area contributed by atoms with E-state index < -0.39 is 5.54 Å². The lowest BCUT2D eigenvalue weighted by atomic mass is 9.98. The quantitative estimate of drug-likeness (QED) is 0.661. The van der Waals surface area contributed by atoms with E-state index in [-0.39, 0.29) is 43.3 Å². The number of rotatable bonds is 7. The third kappa shape index (κ3) is 4.87. The van der Waals surface area contributed by atoms with Crippen molar-refractivity contribution in [1.82, 2.24) is 15.1 Å². The zero-order chi connectivity index (χ0) is 21.0. The van der Waals surface area contributed by atoms with E-state index in [9.17, 15) is 19.2 Å². The number of nitrogens with one attached hydrogen (secondary N) is 2. The Labute approximate surface area is 174 Å². The number of halogens is 1. The second-order valence-corrected chi connectivity index (χ2v) is 8.02. The van der Waals surface area contributed by atoms with Crippen LogP contribution in [-0.2, 0) is 14.4 Å². The third-order valence-corrected chi connectivity index (χ3v) is 5.66. The number of carbonyl (C=O) groups excluding carboxylic acids is 4. The van der Waals surface area contributed by atoms with Crippen molar-refractivity contribution in [2.75, 3.05) is 25.5 Å². The van der Waals surface area contributed by atoms with Crippen LogP contribution >= 0.6 is 11.6 Å². The molecule has 9 heteroatoms. The largest absolute Gasteiger partial charge is 0.336 e. The molecule has 0 unspecified atom stereocenters. The summed E-state index contributed by atoms with van der Waals surface area (Å²) in [7, 11) is 1.55. The molecule has 0 radical (unpaired) electrons. The van der Waals surface area contributed by atoms with Crippen LogP contribution in [0.3, 0.4) is 0 Å². The van der Waals surface area contributed by atoms with Gasteiger partial charge in [0.15, 0.2) is 0 Å². The molecule has 0 bridgehead atoms. The summed E-state index contributed by atoms with van der Waals surface area (Å²) >= 11 is 5.81. The SMILES string of the molecule is CN(CC(=O)Nc1ccc(Cl)cc1)C(=O)CCCN1C(=O)NC2(CCCC2)C1=O. The first kappa shape index (κ1) is 21.1. The molecular formula is C20H25ClN4O4. The highest BCUT2D eigenvalue weighted by molar-refractivity contribution is 6.30. The zero-order valence-corrected chi connectivity index (χ0v) is 17.1. The van der Waals surface area contributed by atoms with Crippen LogP contribution in [0, 0.1) is 0 Å². The van der Waals surface area contributed by atoms with E-state index in [0.717, 1.165) is 12.8 Å². The number of anilines is 1. The van der Waals surface area contributed by atoms with Gasteiger partial charge in [-0.1, -0.05) is 24.4 Å². The van der Waals surface area contributed by atoms with E-state index >= 15 is 0 Å². The number of amides is 5. The van der Waals surface area contributed by atoms with Gasteiger partial charge in [0.25, 0.3) is 5.91 Å². The maximum absolute atomic E-state index is 12.6. The van der Waals surface area contributed by atoms with Crippen LogP contribution in [-0.4, -0.2) is 59.2 Å². The molecule has 1 heterocycles. The summed E-state index contributed by atoms with van der Waals surface area (Å²) < 4.78 is 0. The van der Waals surface area contributed by atoms with Gasteiger partial charge in [0.1, 0.15) is 5.54 Å². The predicted octanol–water partition coefficient (Wildman–Crippen LogP) is 2.38. The lowest BCUT2D eigenvalue weighted by Crippen LogP contribution is -2.44. The molecule has 1 aromatic carbocycles. The summed E-state index contributed by atoms with van der Waals surface area (Å²) in [5.74, 6) is -0.720. The van der Waals surface area contributed by atoms with Crippen molar-refractivity contribution in [1.29, 1.82) is 0 Å². The monoisotopic (exact) mass is 420 g/mol. The zero-order valence-electron chi connectivity index (χ0n) is 16.4. The van der Waals surface area contributed by atoms with E-state index in [2.05, 4.69) is 10.6 Å². The van der Waals surface area contributed by atoms with Crippen molar-refractivity contribution in [3.63, 3.8) is 0 Å². The second kappa shape index (κ2) is 8.82. The smallest absolute Gasteiger partial charge is 0.325 e. The molecule has 2 aliphatic rings. The van der Waals surface area contributed by atoms with Gasteiger partial charge in [-0.15, -0.1) is 0 Å². The Bertz CT molecular complexity index is 805. The molecule has 5 amide bonds. The standard InChI is InChI=1S/C20H25ClN4O4/c1-24(13-16(26)22-15-8-6-14(21)7-9-15)17(27)5-4-12-25-18(28)20(23-19(25)29)10-2-3-11-20/h6-9H,2-5,10-13H2,1H3,(H,22,26)(H,23,29). The molecule has 1 saturated heterocycles. The van der Waals surface area contributed by atoms with E-state index in [4.69, 9.17) is 11.6 Å². The van der Waals surface area contributed by atoms with Crippen molar-refractivity contribution in [2.24, 2.45) is 0 Å². The van der Waals surface area contributed by atoms with Crippen LogP contribution in [0.5, 0.6) is 0 Å². The maximum Gasteiger partial charge on any atom is 0.325 e. The van der Waals surface area contributed by atoms with Gasteiger partial charge in [0.05, 0.1) is 6.54 Å². The number of benzene rings is 1. The Hall–Kier alpha value is -2.61. The van der Waals surface area contributed by atoms with Gasteiger partial charge in [-0.3, -0.25) is 19.3 Å². The van der Waals surface area contributed by atoms with Crippen molar-refractivity contribution >= 4 is 41.0 Å². The summed E-state index contributed by atoms with van der Waals surface area (Å²) in [6.07, 6.45) is 3.73. The molecule has 3 rings (SSSR count). The first-order chi connectivity index (χ1) is 13.8. The van der Waals surface area contributed by atoms with Crippen LogP contribution in [0.1, 0.15) is 38.5 Å². The van der Waals surface area contributed by atoms with E-state index in [1.54, 1.807) is 31.3 Å². The van der Waals surface area contributed by atoms with Gasteiger partial charge in [0.2, 0.25) is 11.8 Å².